The highest BCUT2D eigenvalue weighted by Gasteiger charge is 2.29. The number of allylic oxidation sites excluding steroid dienone is 6. The monoisotopic (exact) mass is 569 g/mol. The lowest BCUT2D eigenvalue weighted by atomic mass is 10.1. The Labute approximate surface area is 245 Å². The minimum atomic E-state index is -0.910. The standard InChI is InChI=1S/C30H45N3O4S.C2H2/c1-10-13-14-15-19-33-22(7)26(28(35)32-25(20(4)5)24(34)16-11-2)31-27(33)23(12-3)18-17-21(6)38-30(8,9)29(36)37;1-2/h11-12,16-18,21,34H,4,10,13-15,19H2,1-3,5-9H3,(H,32,35)(H,36,37);1-2H/b16-11-,18-17-,23-12+,25-24-;. The number of aliphatic carboxylic acids is 1. The highest BCUT2D eigenvalue weighted by molar-refractivity contribution is 8.02. The summed E-state index contributed by atoms with van der Waals surface area (Å²) in [5.74, 6) is -0.669. The summed E-state index contributed by atoms with van der Waals surface area (Å²) in [5, 5.41) is 22.6. The number of hydrogen-bond donors (Lipinski definition) is 3. The molecule has 1 rings (SSSR count). The van der Waals surface area contributed by atoms with E-state index in [1.165, 1.54) is 17.8 Å². The molecule has 0 saturated heterocycles. The van der Waals surface area contributed by atoms with Crippen molar-refractivity contribution in [3.8, 4) is 12.8 Å². The van der Waals surface area contributed by atoms with Gasteiger partial charge in [0.2, 0.25) is 0 Å². The fourth-order valence-corrected chi connectivity index (χ4v) is 5.02. The van der Waals surface area contributed by atoms with Crippen LogP contribution < -0.4 is 5.32 Å². The maximum atomic E-state index is 13.3. The van der Waals surface area contributed by atoms with E-state index in [-0.39, 0.29) is 22.4 Å². The van der Waals surface area contributed by atoms with E-state index in [1.807, 2.05) is 39.0 Å². The van der Waals surface area contributed by atoms with Crippen LogP contribution in [0.3, 0.4) is 0 Å². The maximum absolute atomic E-state index is 13.3. The first-order valence-electron chi connectivity index (χ1n) is 13.5. The fraction of sp³-hybridized carbons (Fsp3) is 0.469. The van der Waals surface area contributed by atoms with Gasteiger partial charge in [-0.2, -0.15) is 0 Å². The number of aromatic nitrogens is 2. The molecule has 0 radical (unpaired) electrons. The van der Waals surface area contributed by atoms with E-state index in [9.17, 15) is 19.8 Å². The quantitative estimate of drug-likeness (QED) is 0.0869. The molecule has 0 aromatic carbocycles. The highest BCUT2D eigenvalue weighted by atomic mass is 32.2. The first kappa shape index (κ1) is 36.6. The zero-order chi connectivity index (χ0) is 31.0. The summed E-state index contributed by atoms with van der Waals surface area (Å²) < 4.78 is 1.16. The van der Waals surface area contributed by atoms with Gasteiger partial charge >= 0.3 is 5.97 Å². The Morgan fingerprint density at radius 1 is 1.18 bits per heavy atom. The molecule has 0 aliphatic carbocycles. The maximum Gasteiger partial charge on any atom is 0.319 e. The molecule has 40 heavy (non-hydrogen) atoms. The van der Waals surface area contributed by atoms with Crippen LogP contribution in [-0.2, 0) is 11.3 Å². The lowest BCUT2D eigenvalue weighted by Gasteiger charge is -2.21. The van der Waals surface area contributed by atoms with Gasteiger partial charge in [-0.1, -0.05) is 57.1 Å². The number of nitrogens with one attached hydrogen (secondary N) is 1. The van der Waals surface area contributed by atoms with Gasteiger partial charge in [0, 0.05) is 23.1 Å². The highest BCUT2D eigenvalue weighted by Crippen LogP contribution is 2.30. The first-order chi connectivity index (χ1) is 18.8. The van der Waals surface area contributed by atoms with Crippen molar-refractivity contribution in [2.45, 2.75) is 97.6 Å². The van der Waals surface area contributed by atoms with Gasteiger partial charge < -0.3 is 20.1 Å². The number of carboxylic acids is 1. The van der Waals surface area contributed by atoms with E-state index in [0.29, 0.717) is 11.4 Å². The van der Waals surface area contributed by atoms with Crippen LogP contribution in [-0.4, -0.2) is 41.6 Å². The molecule has 1 unspecified atom stereocenters. The van der Waals surface area contributed by atoms with Crippen LogP contribution in [0.2, 0.25) is 0 Å². The molecular weight excluding hydrogens is 522 g/mol. The van der Waals surface area contributed by atoms with Crippen LogP contribution in [0.1, 0.15) is 96.2 Å². The second-order valence-electron chi connectivity index (χ2n) is 9.82. The number of aliphatic hydroxyl groups is 1. The Bertz CT molecular complexity index is 1170. The molecule has 8 heteroatoms. The van der Waals surface area contributed by atoms with Crippen molar-refractivity contribution < 1.29 is 19.8 Å². The molecule has 0 fully saturated rings. The number of unbranched alkanes of at least 4 members (excludes halogenated alkanes) is 3. The van der Waals surface area contributed by atoms with E-state index in [4.69, 9.17) is 4.98 Å². The summed E-state index contributed by atoms with van der Waals surface area (Å²) in [7, 11) is 0. The summed E-state index contributed by atoms with van der Waals surface area (Å²) in [6.45, 7) is 19.4. The molecule has 220 valence electrons. The molecule has 3 N–H and O–H groups in total. The largest absolute Gasteiger partial charge is 0.506 e. The zero-order valence-electron chi connectivity index (χ0n) is 25.4. The van der Waals surface area contributed by atoms with Crippen LogP contribution in [0.4, 0.5) is 0 Å². The van der Waals surface area contributed by atoms with Crippen LogP contribution in [0.25, 0.3) is 5.57 Å². The van der Waals surface area contributed by atoms with Gasteiger partial charge in [0.15, 0.2) is 0 Å². The number of amides is 1. The predicted molar refractivity (Wildman–Crippen MR) is 169 cm³/mol. The Morgan fingerprint density at radius 3 is 2.30 bits per heavy atom. The predicted octanol–water partition coefficient (Wildman–Crippen LogP) is 7.62. The van der Waals surface area contributed by atoms with Crippen molar-refractivity contribution in [2.24, 2.45) is 0 Å². The van der Waals surface area contributed by atoms with Gasteiger partial charge in [-0.15, -0.1) is 24.6 Å². The van der Waals surface area contributed by atoms with E-state index in [1.54, 1.807) is 33.8 Å². The van der Waals surface area contributed by atoms with Crippen LogP contribution in [0.15, 0.2) is 54.0 Å². The van der Waals surface area contributed by atoms with Crippen molar-refractivity contribution >= 4 is 29.2 Å². The number of carbonyl (C=O) groups is 2. The third-order valence-corrected chi connectivity index (χ3v) is 7.32. The van der Waals surface area contributed by atoms with Crippen molar-refractivity contribution in [1.29, 1.82) is 0 Å². The molecule has 1 aromatic heterocycles. The number of aliphatic hydroxyl groups excluding tert-OH is 1. The molecular formula is C32H47N3O4S. The summed E-state index contributed by atoms with van der Waals surface area (Å²) in [6, 6.07) is 0. The van der Waals surface area contributed by atoms with E-state index in [2.05, 4.69) is 36.2 Å². The topological polar surface area (TPSA) is 104 Å². The fourth-order valence-electron chi connectivity index (χ4n) is 3.84. The molecule has 0 saturated carbocycles. The third-order valence-electron chi connectivity index (χ3n) is 6.03. The van der Waals surface area contributed by atoms with Crippen molar-refractivity contribution in [3.05, 3.63) is 71.2 Å². The molecule has 0 aliphatic heterocycles. The first-order valence-corrected chi connectivity index (χ1v) is 14.4. The van der Waals surface area contributed by atoms with Crippen molar-refractivity contribution in [3.63, 3.8) is 0 Å². The van der Waals surface area contributed by atoms with Crippen LogP contribution in [0.5, 0.6) is 0 Å². The number of thioether (sulfide) groups is 1. The number of carboxylic acid groups (broad SMARTS) is 1. The lowest BCUT2D eigenvalue weighted by molar-refractivity contribution is -0.138. The average Bonchev–Trinajstić information content (AvgIpc) is 3.22. The normalized spacial score (nSPS) is 13.5. The van der Waals surface area contributed by atoms with E-state index >= 15 is 0 Å². The SMILES string of the molecule is C#C.C=C(C)/C(NC(=O)c1nc(C(/C=C\C(C)SC(C)(C)C(=O)O)=C/C)n(CCCCCC)c1C)=C(O)\C=C/C. The lowest BCUT2D eigenvalue weighted by Crippen LogP contribution is -2.29. The Hall–Kier alpha value is -3.44. The Balaban J connectivity index is 0.00000742. The summed E-state index contributed by atoms with van der Waals surface area (Å²) in [6.07, 6.45) is 21.3. The summed E-state index contributed by atoms with van der Waals surface area (Å²) in [5.41, 5.74) is 2.64. The Morgan fingerprint density at radius 2 is 1.80 bits per heavy atom. The molecule has 1 atom stereocenters. The molecule has 1 heterocycles. The molecule has 0 aliphatic rings. The number of rotatable bonds is 15. The van der Waals surface area contributed by atoms with Gasteiger partial charge in [-0.25, -0.2) is 4.98 Å². The number of imidazole rings is 1. The number of terminal acetylenes is 1. The number of nitrogens with zero attached hydrogens (tertiary/aromatic N) is 2. The molecule has 7 nitrogen and oxygen atoms in total. The van der Waals surface area contributed by atoms with Gasteiger partial charge in [-0.05, 0) is 66.5 Å². The smallest absolute Gasteiger partial charge is 0.319 e. The summed E-state index contributed by atoms with van der Waals surface area (Å²) >= 11 is 1.36. The van der Waals surface area contributed by atoms with Crippen molar-refractivity contribution in [1.82, 2.24) is 14.9 Å². The minimum Gasteiger partial charge on any atom is -0.506 e. The van der Waals surface area contributed by atoms with Crippen molar-refractivity contribution in [2.75, 3.05) is 0 Å². The Kier molecular flexibility index (Phi) is 16.5. The van der Waals surface area contributed by atoms with Gasteiger partial charge in [0.05, 0.1) is 5.70 Å². The molecule has 1 aromatic rings. The second-order valence-corrected chi connectivity index (χ2v) is 11.8. The van der Waals surface area contributed by atoms with Gasteiger partial charge in [-0.3, -0.25) is 9.59 Å². The molecule has 0 bridgehead atoms. The van der Waals surface area contributed by atoms with Crippen LogP contribution >= 0.6 is 11.8 Å². The van der Waals surface area contributed by atoms with Gasteiger partial charge in [0.1, 0.15) is 22.0 Å². The van der Waals surface area contributed by atoms with Gasteiger partial charge in [0.25, 0.3) is 5.91 Å². The van der Waals surface area contributed by atoms with E-state index in [0.717, 1.165) is 43.5 Å². The summed E-state index contributed by atoms with van der Waals surface area (Å²) in [4.78, 5) is 29.6. The third kappa shape index (κ3) is 11.0. The minimum absolute atomic E-state index is 0.0502. The van der Waals surface area contributed by atoms with E-state index < -0.39 is 16.6 Å². The average molecular weight is 570 g/mol. The van der Waals surface area contributed by atoms with Crippen LogP contribution in [0, 0.1) is 19.8 Å². The number of hydrogen-bond acceptors (Lipinski definition) is 5. The second kappa shape index (κ2) is 18.0. The molecule has 1 amide bonds. The molecule has 0 spiro atoms. The zero-order valence-corrected chi connectivity index (χ0v) is 26.2. The number of carbonyl (C=O) groups excluding carboxylic acids is 1.